The predicted molar refractivity (Wildman–Crippen MR) is 97.3 cm³/mol. The third-order valence-corrected chi connectivity index (χ3v) is 6.22. The zero-order valence-corrected chi connectivity index (χ0v) is 14.5. The van der Waals surface area contributed by atoms with Gasteiger partial charge in [-0.1, -0.05) is 0 Å². The molecule has 2 bridgehead atoms. The molecule has 3 fully saturated rings. The topological polar surface area (TPSA) is 45.5 Å². The van der Waals surface area contributed by atoms with E-state index in [1.165, 1.54) is 31.5 Å². The van der Waals surface area contributed by atoms with Crippen LogP contribution >= 0.6 is 12.4 Å². The summed E-state index contributed by atoms with van der Waals surface area (Å²) in [6.07, 6.45) is 7.47. The number of benzene rings is 1. The molecule has 1 aliphatic carbocycles. The normalized spacial score (nSPS) is 27.9. The van der Waals surface area contributed by atoms with Crippen molar-refractivity contribution in [2.45, 2.75) is 38.1 Å². The van der Waals surface area contributed by atoms with Crippen molar-refractivity contribution in [2.75, 3.05) is 19.6 Å². The summed E-state index contributed by atoms with van der Waals surface area (Å²) >= 11 is 0. The molecule has 4 nitrogen and oxygen atoms in total. The Labute approximate surface area is 147 Å². The van der Waals surface area contributed by atoms with Crippen LogP contribution in [-0.4, -0.2) is 34.2 Å². The van der Waals surface area contributed by atoms with Gasteiger partial charge < -0.3 is 14.6 Å². The van der Waals surface area contributed by atoms with Gasteiger partial charge in [-0.05, 0) is 74.2 Å². The fourth-order valence-corrected chi connectivity index (χ4v) is 5.01. The number of fused-ring (bicyclic) bond motifs is 3. The molecule has 0 spiro atoms. The molecule has 5 heteroatoms. The second-order valence-corrected chi connectivity index (χ2v) is 7.41. The number of aromatic nitrogens is 1. The number of pyridine rings is 1. The number of aryl methyl sites for hydroxylation is 2. The highest BCUT2D eigenvalue weighted by Gasteiger charge is 2.36. The van der Waals surface area contributed by atoms with Gasteiger partial charge in [0.1, 0.15) is 5.75 Å². The van der Waals surface area contributed by atoms with Crippen LogP contribution in [0.15, 0.2) is 23.1 Å². The van der Waals surface area contributed by atoms with Crippen molar-refractivity contribution in [1.82, 2.24) is 9.47 Å². The minimum Gasteiger partial charge on any atom is -0.508 e. The van der Waals surface area contributed by atoms with Crippen LogP contribution < -0.4 is 5.56 Å². The average Bonchev–Trinajstić information content (AvgIpc) is 2.60. The minimum atomic E-state index is 0. The molecule has 0 unspecified atom stereocenters. The first-order valence-corrected chi connectivity index (χ1v) is 8.83. The maximum absolute atomic E-state index is 13.1. The number of halogens is 1. The molecule has 1 aromatic carbocycles. The van der Waals surface area contributed by atoms with E-state index in [9.17, 15) is 9.90 Å². The van der Waals surface area contributed by atoms with Crippen LogP contribution in [0, 0.1) is 5.92 Å². The fourth-order valence-electron chi connectivity index (χ4n) is 5.01. The summed E-state index contributed by atoms with van der Waals surface area (Å²) in [5, 5.41) is 12.0. The molecule has 0 radical (unpaired) electrons. The van der Waals surface area contributed by atoms with Crippen LogP contribution in [0.5, 0.6) is 5.75 Å². The van der Waals surface area contributed by atoms with E-state index in [1.54, 1.807) is 6.07 Å². The molecule has 0 saturated carbocycles. The summed E-state index contributed by atoms with van der Waals surface area (Å²) in [7, 11) is 0. The summed E-state index contributed by atoms with van der Waals surface area (Å²) in [4.78, 5) is 15.6. The molecule has 128 valence electrons. The molecule has 0 amide bonds. The summed E-state index contributed by atoms with van der Waals surface area (Å²) in [6.45, 7) is 3.39. The lowest BCUT2D eigenvalue weighted by atomic mass is 9.83. The van der Waals surface area contributed by atoms with Crippen molar-refractivity contribution in [3.8, 4) is 5.75 Å². The van der Waals surface area contributed by atoms with Crippen molar-refractivity contribution in [2.24, 2.45) is 5.92 Å². The average molecular weight is 347 g/mol. The number of phenols is 1. The maximum Gasteiger partial charge on any atom is 0.258 e. The largest absolute Gasteiger partial charge is 0.508 e. The molecule has 3 aliphatic heterocycles. The van der Waals surface area contributed by atoms with E-state index in [2.05, 4.69) is 11.1 Å². The lowest BCUT2D eigenvalue weighted by Crippen LogP contribution is -2.50. The van der Waals surface area contributed by atoms with E-state index in [4.69, 9.17) is 0 Å². The standard InChI is InChI=1S/C19H22N2O2.ClH/c22-17-5-4-15-18-13(2-1-3-14(17)18)10-21(19(15)23)16-11-20-8-6-12(16)7-9-20;/h4-5,10,12,16,22H,1-3,6-9,11H2;1H/t16-;/m1./s1. The minimum absolute atomic E-state index is 0. The molecule has 1 atom stereocenters. The van der Waals surface area contributed by atoms with E-state index >= 15 is 0 Å². The smallest absolute Gasteiger partial charge is 0.258 e. The Hall–Kier alpha value is -1.52. The van der Waals surface area contributed by atoms with E-state index in [0.29, 0.717) is 17.7 Å². The maximum atomic E-state index is 13.1. The fraction of sp³-hybridized carbons (Fsp3) is 0.526. The number of rotatable bonds is 1. The Morgan fingerprint density at radius 3 is 2.62 bits per heavy atom. The number of phenolic OH excluding ortho intramolecular Hbond substituents is 1. The van der Waals surface area contributed by atoms with Crippen LogP contribution in [0.1, 0.15) is 36.4 Å². The Morgan fingerprint density at radius 2 is 1.92 bits per heavy atom. The highest BCUT2D eigenvalue weighted by Crippen LogP contribution is 2.38. The van der Waals surface area contributed by atoms with E-state index in [1.807, 2.05) is 10.6 Å². The molecule has 4 aliphatic rings. The van der Waals surface area contributed by atoms with Gasteiger partial charge in [0.2, 0.25) is 0 Å². The van der Waals surface area contributed by atoms with Crippen molar-refractivity contribution in [3.05, 3.63) is 39.8 Å². The second-order valence-electron chi connectivity index (χ2n) is 7.41. The highest BCUT2D eigenvalue weighted by molar-refractivity contribution is 5.90. The second kappa shape index (κ2) is 5.78. The van der Waals surface area contributed by atoms with Gasteiger partial charge in [-0.2, -0.15) is 0 Å². The van der Waals surface area contributed by atoms with Gasteiger partial charge in [-0.25, -0.2) is 0 Å². The molecule has 2 aromatic rings. The number of aromatic hydroxyl groups is 1. The van der Waals surface area contributed by atoms with Crippen molar-refractivity contribution >= 4 is 23.2 Å². The van der Waals surface area contributed by atoms with Crippen LogP contribution in [0.25, 0.3) is 10.8 Å². The van der Waals surface area contributed by atoms with Gasteiger partial charge in [-0.15, -0.1) is 12.4 Å². The Bertz CT molecular complexity index is 853. The van der Waals surface area contributed by atoms with Crippen LogP contribution in [0.3, 0.4) is 0 Å². The molecule has 4 heterocycles. The Kier molecular flexibility index (Phi) is 3.85. The Morgan fingerprint density at radius 1 is 1.12 bits per heavy atom. The number of nitrogens with zero attached hydrogens (tertiary/aromatic N) is 2. The van der Waals surface area contributed by atoms with Crippen molar-refractivity contribution in [3.63, 3.8) is 0 Å². The SMILES string of the molecule is Cl.O=c1c2ccc(O)c3c2c(cn1[C@@H]1CN2CCC1CC2)CCC3. The van der Waals surface area contributed by atoms with Gasteiger partial charge in [0.25, 0.3) is 5.56 Å². The van der Waals surface area contributed by atoms with Gasteiger partial charge in [-0.3, -0.25) is 4.79 Å². The number of hydrogen-bond acceptors (Lipinski definition) is 3. The first-order valence-electron chi connectivity index (χ1n) is 8.83. The molecule has 24 heavy (non-hydrogen) atoms. The van der Waals surface area contributed by atoms with Crippen molar-refractivity contribution in [1.29, 1.82) is 0 Å². The third-order valence-electron chi connectivity index (χ3n) is 6.22. The van der Waals surface area contributed by atoms with Crippen LogP contribution in [0.4, 0.5) is 0 Å². The molecular weight excluding hydrogens is 324 g/mol. The van der Waals surface area contributed by atoms with E-state index < -0.39 is 0 Å². The van der Waals surface area contributed by atoms with Crippen LogP contribution in [-0.2, 0) is 12.8 Å². The quantitative estimate of drug-likeness (QED) is 0.863. The van der Waals surface area contributed by atoms with E-state index in [-0.39, 0.29) is 18.0 Å². The summed E-state index contributed by atoms with van der Waals surface area (Å²) in [5.41, 5.74) is 2.35. The van der Waals surface area contributed by atoms with Crippen LogP contribution in [0.2, 0.25) is 0 Å². The number of hydrogen-bond donors (Lipinski definition) is 1. The molecule has 1 N–H and O–H groups in total. The molecule has 6 rings (SSSR count). The highest BCUT2D eigenvalue weighted by atomic mass is 35.5. The van der Waals surface area contributed by atoms with Gasteiger partial charge >= 0.3 is 0 Å². The first-order chi connectivity index (χ1) is 11.2. The Balaban J connectivity index is 0.00000146. The monoisotopic (exact) mass is 346 g/mol. The predicted octanol–water partition coefficient (Wildman–Crippen LogP) is 2.88. The lowest BCUT2D eigenvalue weighted by Gasteiger charge is -2.45. The number of piperidine rings is 3. The van der Waals surface area contributed by atoms with Gasteiger partial charge in [0.05, 0.1) is 6.04 Å². The van der Waals surface area contributed by atoms with Gasteiger partial charge in [0.15, 0.2) is 0 Å². The van der Waals surface area contributed by atoms with Gasteiger partial charge in [0, 0.05) is 23.7 Å². The molecule has 3 saturated heterocycles. The zero-order valence-electron chi connectivity index (χ0n) is 13.7. The summed E-state index contributed by atoms with van der Waals surface area (Å²) in [5.74, 6) is 0.987. The third kappa shape index (κ3) is 2.20. The molecule has 1 aromatic heterocycles. The zero-order chi connectivity index (χ0) is 15.6. The lowest BCUT2D eigenvalue weighted by molar-refractivity contribution is 0.0555. The van der Waals surface area contributed by atoms with Crippen molar-refractivity contribution < 1.29 is 5.11 Å². The first kappa shape index (κ1) is 16.0. The molecular formula is C19H23ClN2O2. The summed E-state index contributed by atoms with van der Waals surface area (Å²) in [6, 6.07) is 3.85. The van der Waals surface area contributed by atoms with E-state index in [0.717, 1.165) is 42.1 Å². The summed E-state index contributed by atoms with van der Waals surface area (Å²) < 4.78 is 2.03.